The first kappa shape index (κ1) is 23.9. The van der Waals surface area contributed by atoms with Crippen molar-refractivity contribution in [3.63, 3.8) is 0 Å². The molecule has 0 fully saturated rings. The van der Waals surface area contributed by atoms with Crippen LogP contribution in [0.25, 0.3) is 0 Å². The van der Waals surface area contributed by atoms with Gasteiger partial charge in [0.05, 0.1) is 11.4 Å². The molecule has 1 N–H and O–H groups in total. The summed E-state index contributed by atoms with van der Waals surface area (Å²) in [7, 11) is 1.89. The number of H-pyrrole nitrogens is 1. The fraction of sp³-hybridized carbons (Fsp3) is 0.650. The van der Waals surface area contributed by atoms with Crippen LogP contribution >= 0.6 is 11.5 Å². The highest BCUT2D eigenvalue weighted by atomic mass is 32.1. The molecule has 0 saturated carbocycles. The number of aromatic amines is 1. The molecular formula is C20H35N7S. The molecule has 0 spiro atoms. The van der Waals surface area contributed by atoms with Crippen LogP contribution in [0.5, 0.6) is 0 Å². The highest BCUT2D eigenvalue weighted by Crippen LogP contribution is 2.05. The van der Waals surface area contributed by atoms with Gasteiger partial charge in [-0.3, -0.25) is 4.68 Å². The van der Waals surface area contributed by atoms with E-state index in [9.17, 15) is 0 Å². The molecule has 0 aromatic carbocycles. The van der Waals surface area contributed by atoms with E-state index < -0.39 is 0 Å². The van der Waals surface area contributed by atoms with Crippen LogP contribution in [-0.4, -0.2) is 34.5 Å². The van der Waals surface area contributed by atoms with E-state index in [0.717, 1.165) is 36.5 Å². The quantitative estimate of drug-likeness (QED) is 0.658. The van der Waals surface area contributed by atoms with Crippen molar-refractivity contribution in [2.24, 2.45) is 24.8 Å². The Bertz CT molecular complexity index is 675. The fourth-order valence-corrected chi connectivity index (χ4v) is 2.86. The molecule has 3 heterocycles. The van der Waals surface area contributed by atoms with Gasteiger partial charge in [0.15, 0.2) is 0 Å². The van der Waals surface area contributed by atoms with Gasteiger partial charge in [-0.15, -0.1) is 10.2 Å². The van der Waals surface area contributed by atoms with Crippen LogP contribution in [0.1, 0.15) is 58.8 Å². The Morgan fingerprint density at radius 3 is 2.00 bits per heavy atom. The summed E-state index contributed by atoms with van der Waals surface area (Å²) >= 11 is 1.42. The minimum Gasteiger partial charge on any atom is -0.349 e. The summed E-state index contributed by atoms with van der Waals surface area (Å²) < 4.78 is 5.50. The largest absolute Gasteiger partial charge is 0.349 e. The lowest BCUT2D eigenvalue weighted by atomic mass is 10.1. The van der Waals surface area contributed by atoms with Gasteiger partial charge in [0, 0.05) is 37.4 Å². The summed E-state index contributed by atoms with van der Waals surface area (Å²) in [6.07, 6.45) is 8.73. The van der Waals surface area contributed by atoms with Crippen LogP contribution in [0.2, 0.25) is 0 Å². The van der Waals surface area contributed by atoms with Crippen molar-refractivity contribution in [1.82, 2.24) is 34.5 Å². The van der Waals surface area contributed by atoms with Crippen molar-refractivity contribution in [2.45, 2.75) is 60.8 Å². The average Bonchev–Trinajstić information content (AvgIpc) is 3.32. The second-order valence-corrected chi connectivity index (χ2v) is 8.72. The third-order valence-corrected chi connectivity index (χ3v) is 4.00. The summed E-state index contributed by atoms with van der Waals surface area (Å²) in [6, 6.07) is 0. The zero-order valence-corrected chi connectivity index (χ0v) is 19.1. The molecule has 0 aliphatic rings. The van der Waals surface area contributed by atoms with E-state index in [4.69, 9.17) is 0 Å². The highest BCUT2D eigenvalue weighted by Gasteiger charge is 2.00. The number of aromatic nitrogens is 7. The average molecular weight is 406 g/mol. The molecule has 0 saturated heterocycles. The maximum atomic E-state index is 4.10. The molecule has 156 valence electrons. The van der Waals surface area contributed by atoms with Gasteiger partial charge in [-0.25, -0.2) is 4.98 Å². The summed E-state index contributed by atoms with van der Waals surface area (Å²) in [5, 5.41) is 13.7. The molecule has 0 amide bonds. The minimum absolute atomic E-state index is 0.664. The Kier molecular flexibility index (Phi) is 11.2. The van der Waals surface area contributed by atoms with Crippen molar-refractivity contribution >= 4 is 11.5 Å². The smallest absolute Gasteiger partial charge is 0.106 e. The van der Waals surface area contributed by atoms with E-state index in [0.29, 0.717) is 17.8 Å². The van der Waals surface area contributed by atoms with E-state index in [1.165, 1.54) is 11.5 Å². The molecule has 0 radical (unpaired) electrons. The first-order chi connectivity index (χ1) is 13.3. The minimum atomic E-state index is 0.664. The highest BCUT2D eigenvalue weighted by molar-refractivity contribution is 7.03. The van der Waals surface area contributed by atoms with Gasteiger partial charge in [-0.05, 0) is 42.1 Å². The molecule has 0 unspecified atom stereocenters. The number of nitrogens with one attached hydrogen (secondary N) is 1. The Morgan fingerprint density at radius 1 is 0.929 bits per heavy atom. The molecule has 7 nitrogen and oxygen atoms in total. The third kappa shape index (κ3) is 11.6. The van der Waals surface area contributed by atoms with Crippen LogP contribution in [-0.2, 0) is 26.3 Å². The second-order valence-electron chi connectivity index (χ2n) is 8.11. The summed E-state index contributed by atoms with van der Waals surface area (Å²) in [5.74, 6) is 3.13. The number of hydrogen-bond acceptors (Lipinski definition) is 6. The molecule has 0 aliphatic carbocycles. The Labute approximate surface area is 173 Å². The van der Waals surface area contributed by atoms with E-state index in [1.807, 2.05) is 24.8 Å². The monoisotopic (exact) mass is 405 g/mol. The van der Waals surface area contributed by atoms with E-state index in [1.54, 1.807) is 10.9 Å². The normalized spacial score (nSPS) is 10.6. The van der Waals surface area contributed by atoms with Crippen LogP contribution in [0.3, 0.4) is 0 Å². The van der Waals surface area contributed by atoms with Crippen LogP contribution in [0, 0.1) is 17.8 Å². The Morgan fingerprint density at radius 2 is 1.57 bits per heavy atom. The SMILES string of the molecule is CC(C)Cc1cn(C)nn1.CC(C)Cc1csnn1.CC(C)Cc1ncc[nH]1. The lowest BCUT2D eigenvalue weighted by molar-refractivity contribution is 0.626. The van der Waals surface area contributed by atoms with Gasteiger partial charge >= 0.3 is 0 Å². The van der Waals surface area contributed by atoms with Gasteiger partial charge in [-0.1, -0.05) is 51.2 Å². The summed E-state index contributed by atoms with van der Waals surface area (Å²) in [6.45, 7) is 13.1. The van der Waals surface area contributed by atoms with Gasteiger partial charge in [0.2, 0.25) is 0 Å². The van der Waals surface area contributed by atoms with Crippen molar-refractivity contribution < 1.29 is 0 Å². The molecule has 8 heteroatoms. The number of imidazole rings is 1. The molecule has 3 aromatic rings. The first-order valence-corrected chi connectivity index (χ1v) is 10.7. The number of aryl methyl sites for hydroxylation is 1. The van der Waals surface area contributed by atoms with Crippen molar-refractivity contribution in [1.29, 1.82) is 0 Å². The van der Waals surface area contributed by atoms with Crippen LogP contribution < -0.4 is 0 Å². The predicted molar refractivity (Wildman–Crippen MR) is 115 cm³/mol. The van der Waals surface area contributed by atoms with Crippen molar-refractivity contribution in [3.8, 4) is 0 Å². The van der Waals surface area contributed by atoms with E-state index in [-0.39, 0.29) is 0 Å². The molecule has 28 heavy (non-hydrogen) atoms. The predicted octanol–water partition coefficient (Wildman–Crippen LogP) is 4.36. The lowest BCUT2D eigenvalue weighted by Gasteiger charge is -1.98. The van der Waals surface area contributed by atoms with Crippen molar-refractivity contribution in [2.75, 3.05) is 0 Å². The van der Waals surface area contributed by atoms with Crippen molar-refractivity contribution in [3.05, 3.63) is 41.2 Å². The molecule has 0 bridgehead atoms. The molecule has 3 rings (SSSR count). The second kappa shape index (κ2) is 13.1. The molecular weight excluding hydrogens is 370 g/mol. The standard InChI is InChI=1S/C7H13N3.C7H12N2.C6H10N2S/c1-6(2)4-7-5-10(3)9-8-7;1-6(2)5-7-8-3-4-9-7;1-5(2)3-6-4-9-8-7-6/h5-6H,4H2,1-3H3;3-4,6H,5H2,1-2H3,(H,8,9);4-5H,3H2,1-2H3. The maximum Gasteiger partial charge on any atom is 0.106 e. The topological polar surface area (TPSA) is 85.2 Å². The zero-order valence-electron chi connectivity index (χ0n) is 18.3. The first-order valence-electron chi connectivity index (χ1n) is 9.85. The Balaban J connectivity index is 0.000000210. The molecule has 3 aromatic heterocycles. The molecule has 0 aliphatic heterocycles. The van der Waals surface area contributed by atoms with Crippen LogP contribution in [0.15, 0.2) is 24.0 Å². The Hall–Kier alpha value is -2.09. The zero-order chi connectivity index (χ0) is 20.9. The van der Waals surface area contributed by atoms with Gasteiger partial charge in [-0.2, -0.15) is 0 Å². The number of hydrogen-bond donors (Lipinski definition) is 1. The summed E-state index contributed by atoms with van der Waals surface area (Å²) in [5.41, 5.74) is 2.20. The van der Waals surface area contributed by atoms with Gasteiger partial charge < -0.3 is 4.98 Å². The van der Waals surface area contributed by atoms with E-state index >= 15 is 0 Å². The molecule has 0 atom stereocenters. The third-order valence-electron chi connectivity index (χ3n) is 3.45. The number of nitrogens with zero attached hydrogens (tertiary/aromatic N) is 6. The maximum absolute atomic E-state index is 4.10. The van der Waals surface area contributed by atoms with E-state index in [2.05, 4.69) is 71.4 Å². The van der Waals surface area contributed by atoms with Gasteiger partial charge in [0.1, 0.15) is 5.82 Å². The van der Waals surface area contributed by atoms with Gasteiger partial charge in [0.25, 0.3) is 0 Å². The summed E-state index contributed by atoms with van der Waals surface area (Å²) in [4.78, 5) is 7.16. The lowest BCUT2D eigenvalue weighted by Crippen LogP contribution is -1.95. The fourth-order valence-electron chi connectivity index (χ4n) is 2.39. The number of rotatable bonds is 6. The van der Waals surface area contributed by atoms with Crippen LogP contribution in [0.4, 0.5) is 0 Å².